The highest BCUT2D eigenvalue weighted by Crippen LogP contribution is 2.43. The van der Waals surface area contributed by atoms with Gasteiger partial charge in [0, 0.05) is 19.3 Å². The van der Waals surface area contributed by atoms with Crippen LogP contribution in [0.1, 0.15) is 201 Å². The van der Waals surface area contributed by atoms with Crippen LogP contribution in [0.4, 0.5) is 0 Å². The topological polar surface area (TPSA) is 155 Å². The molecule has 2 N–H and O–H groups in total. The van der Waals surface area contributed by atoms with Crippen LogP contribution in [0.15, 0.2) is 48.6 Å². The maximum absolute atomic E-state index is 12.8. The van der Waals surface area contributed by atoms with Crippen molar-refractivity contribution >= 4 is 25.7 Å². The zero-order valence-corrected chi connectivity index (χ0v) is 38.8. The molecule has 0 rings (SSSR count). The molecule has 11 nitrogen and oxygen atoms in total. The first-order chi connectivity index (χ1) is 29.2. The van der Waals surface area contributed by atoms with Gasteiger partial charge >= 0.3 is 25.7 Å². The molecule has 0 saturated heterocycles. The second kappa shape index (κ2) is 43.1. The quantitative estimate of drug-likeness (QED) is 0.0198. The van der Waals surface area contributed by atoms with Crippen LogP contribution in [0.2, 0.25) is 0 Å². The van der Waals surface area contributed by atoms with Crippen molar-refractivity contribution in [2.45, 2.75) is 213 Å². The standard InChI is InChI=1S/C48H85O11P/c1-4-7-10-13-16-19-20-21-22-23-24-27-28-31-34-37-46(50)55-41-45(59-48(52)39-36-33-30-26-18-15-12-9-6-3)43-57-60(53,54)56-42-44(40-49)58-47(51)38-35-32-29-25-17-14-11-8-5-2/h7,10,16,19,21-22,24,27,44-45,49H,4-6,8-9,11-15,17-18,20,23,25-26,28-43H2,1-3H3,(H,53,54)/b10-7-,19-16-,22-21-,27-24-. The summed E-state index contributed by atoms with van der Waals surface area (Å²) in [6, 6.07) is 0. The van der Waals surface area contributed by atoms with Crippen LogP contribution in [0, 0.1) is 0 Å². The monoisotopic (exact) mass is 869 g/mol. The van der Waals surface area contributed by atoms with Gasteiger partial charge in [-0.3, -0.25) is 23.4 Å². The van der Waals surface area contributed by atoms with Crippen molar-refractivity contribution in [2.75, 3.05) is 26.4 Å². The summed E-state index contributed by atoms with van der Waals surface area (Å²) < 4.78 is 39.1. The number of aliphatic hydroxyl groups excluding tert-OH is 1. The van der Waals surface area contributed by atoms with E-state index in [1.54, 1.807) is 0 Å². The van der Waals surface area contributed by atoms with Crippen LogP contribution in [0.5, 0.6) is 0 Å². The van der Waals surface area contributed by atoms with Gasteiger partial charge in [-0.2, -0.15) is 0 Å². The Morgan fingerprint density at radius 3 is 1.33 bits per heavy atom. The van der Waals surface area contributed by atoms with Crippen molar-refractivity contribution in [1.82, 2.24) is 0 Å². The van der Waals surface area contributed by atoms with Crippen molar-refractivity contribution in [3.05, 3.63) is 48.6 Å². The number of phosphoric acid groups is 1. The lowest BCUT2D eigenvalue weighted by Crippen LogP contribution is -2.30. The molecular formula is C48H85O11P. The average Bonchev–Trinajstić information content (AvgIpc) is 3.23. The van der Waals surface area contributed by atoms with Crippen LogP contribution in [0.25, 0.3) is 0 Å². The molecule has 0 radical (unpaired) electrons. The molecule has 0 amide bonds. The number of ether oxygens (including phenoxy) is 3. The van der Waals surface area contributed by atoms with Gasteiger partial charge in [0.25, 0.3) is 0 Å². The van der Waals surface area contributed by atoms with Gasteiger partial charge in [-0.1, -0.05) is 172 Å². The minimum atomic E-state index is -4.73. The molecule has 12 heteroatoms. The highest BCUT2D eigenvalue weighted by atomic mass is 31.2. The lowest BCUT2D eigenvalue weighted by Gasteiger charge is -2.21. The Hall–Kier alpha value is -2.56. The molecule has 0 aromatic rings. The van der Waals surface area contributed by atoms with E-state index in [9.17, 15) is 28.9 Å². The van der Waals surface area contributed by atoms with Crippen molar-refractivity contribution in [2.24, 2.45) is 0 Å². The van der Waals surface area contributed by atoms with Crippen LogP contribution in [-0.2, 0) is 42.2 Å². The minimum absolute atomic E-state index is 0.160. The third-order valence-corrected chi connectivity index (χ3v) is 10.7. The van der Waals surface area contributed by atoms with E-state index in [4.69, 9.17) is 23.3 Å². The second-order valence-electron chi connectivity index (χ2n) is 15.6. The van der Waals surface area contributed by atoms with Crippen LogP contribution < -0.4 is 0 Å². The van der Waals surface area contributed by atoms with Crippen LogP contribution in [-0.4, -0.2) is 66.5 Å². The fourth-order valence-corrected chi connectivity index (χ4v) is 6.95. The summed E-state index contributed by atoms with van der Waals surface area (Å²) >= 11 is 0. The number of phosphoric ester groups is 1. The molecule has 0 saturated carbocycles. The third-order valence-electron chi connectivity index (χ3n) is 9.77. The molecule has 3 atom stereocenters. The zero-order chi connectivity index (χ0) is 44.2. The fourth-order valence-electron chi connectivity index (χ4n) is 6.17. The van der Waals surface area contributed by atoms with Crippen LogP contribution in [0.3, 0.4) is 0 Å². The lowest BCUT2D eigenvalue weighted by molar-refractivity contribution is -0.161. The predicted octanol–water partition coefficient (Wildman–Crippen LogP) is 12.7. The number of carbonyl (C=O) groups is 3. The maximum Gasteiger partial charge on any atom is 0.472 e. The van der Waals surface area contributed by atoms with Crippen molar-refractivity contribution < 1.29 is 52.2 Å². The van der Waals surface area contributed by atoms with E-state index in [-0.39, 0.29) is 25.9 Å². The Morgan fingerprint density at radius 2 is 0.867 bits per heavy atom. The molecule has 0 aromatic heterocycles. The van der Waals surface area contributed by atoms with Gasteiger partial charge in [-0.15, -0.1) is 0 Å². The number of rotatable bonds is 43. The Kier molecular flexibility index (Phi) is 41.3. The summed E-state index contributed by atoms with van der Waals surface area (Å²) in [4.78, 5) is 47.9. The van der Waals surface area contributed by atoms with E-state index in [2.05, 4.69) is 69.4 Å². The molecule has 0 aliphatic carbocycles. The maximum atomic E-state index is 12.8. The first-order valence-electron chi connectivity index (χ1n) is 23.5. The molecule has 0 bridgehead atoms. The van der Waals surface area contributed by atoms with E-state index in [1.807, 2.05) is 0 Å². The predicted molar refractivity (Wildman–Crippen MR) is 242 cm³/mol. The highest BCUT2D eigenvalue weighted by molar-refractivity contribution is 7.47. The molecule has 0 fully saturated rings. The van der Waals surface area contributed by atoms with Gasteiger partial charge in [0.15, 0.2) is 6.10 Å². The largest absolute Gasteiger partial charge is 0.472 e. The van der Waals surface area contributed by atoms with E-state index in [0.717, 1.165) is 77.0 Å². The Labute approximate surface area is 364 Å². The fraction of sp³-hybridized carbons (Fsp3) is 0.771. The van der Waals surface area contributed by atoms with Gasteiger partial charge < -0.3 is 24.2 Å². The zero-order valence-electron chi connectivity index (χ0n) is 37.9. The summed E-state index contributed by atoms with van der Waals surface area (Å²) in [6.45, 7) is 4.40. The Morgan fingerprint density at radius 1 is 0.483 bits per heavy atom. The summed E-state index contributed by atoms with van der Waals surface area (Å²) in [5, 5.41) is 9.70. The molecule has 0 aromatic carbocycles. The van der Waals surface area contributed by atoms with Crippen molar-refractivity contribution in [3.63, 3.8) is 0 Å². The van der Waals surface area contributed by atoms with Crippen molar-refractivity contribution in [3.8, 4) is 0 Å². The molecule has 60 heavy (non-hydrogen) atoms. The minimum Gasteiger partial charge on any atom is -0.462 e. The highest BCUT2D eigenvalue weighted by Gasteiger charge is 2.28. The Bertz CT molecular complexity index is 1200. The molecule has 3 unspecified atom stereocenters. The summed E-state index contributed by atoms with van der Waals surface area (Å²) in [7, 11) is -4.73. The molecule has 0 heterocycles. The van der Waals surface area contributed by atoms with Gasteiger partial charge in [0.05, 0.1) is 19.8 Å². The number of esters is 3. The molecule has 0 aliphatic heterocycles. The summed E-state index contributed by atoms with van der Waals surface area (Å²) in [5.41, 5.74) is 0. The third kappa shape index (κ3) is 40.8. The smallest absolute Gasteiger partial charge is 0.462 e. The number of allylic oxidation sites excluding steroid dienone is 8. The first-order valence-corrected chi connectivity index (χ1v) is 25.0. The number of unbranched alkanes of at least 4 members (excludes halogenated alkanes) is 18. The molecule has 0 aliphatic rings. The number of aliphatic hydroxyl groups is 1. The van der Waals surface area contributed by atoms with Gasteiger partial charge in [-0.25, -0.2) is 4.57 Å². The number of hydrogen-bond donors (Lipinski definition) is 2. The second-order valence-corrected chi connectivity index (χ2v) is 17.0. The SMILES string of the molecule is CC/C=C\C/C=C\C/C=C\C/C=C\CCCCC(=O)OCC(COP(=O)(O)OCC(CO)OC(=O)CCCCCCCCCCC)OC(=O)CCCCCCCCCCC. The lowest BCUT2D eigenvalue weighted by atomic mass is 10.1. The van der Waals surface area contributed by atoms with Crippen molar-refractivity contribution in [1.29, 1.82) is 0 Å². The van der Waals surface area contributed by atoms with E-state index in [0.29, 0.717) is 19.3 Å². The van der Waals surface area contributed by atoms with E-state index >= 15 is 0 Å². The van der Waals surface area contributed by atoms with Gasteiger partial charge in [0.2, 0.25) is 0 Å². The van der Waals surface area contributed by atoms with E-state index in [1.165, 1.54) is 64.2 Å². The van der Waals surface area contributed by atoms with E-state index < -0.39 is 57.8 Å². The molecule has 0 spiro atoms. The average molecular weight is 869 g/mol. The van der Waals surface area contributed by atoms with Crippen LogP contribution >= 0.6 is 7.82 Å². The first kappa shape index (κ1) is 57.4. The normalized spacial score (nSPS) is 14.0. The number of hydrogen-bond acceptors (Lipinski definition) is 10. The summed E-state index contributed by atoms with van der Waals surface area (Å²) in [6.07, 6.45) is 41.1. The van der Waals surface area contributed by atoms with Gasteiger partial charge in [0.1, 0.15) is 12.7 Å². The summed E-state index contributed by atoms with van der Waals surface area (Å²) in [5.74, 6) is -1.52. The van der Waals surface area contributed by atoms with Gasteiger partial charge in [-0.05, 0) is 57.8 Å². The number of carbonyl (C=O) groups excluding carboxylic acids is 3. The molecule has 348 valence electrons. The molecular weight excluding hydrogens is 783 g/mol. The Balaban J connectivity index is 4.78.